The van der Waals surface area contributed by atoms with Crippen LogP contribution in [0.3, 0.4) is 0 Å². The minimum atomic E-state index is 0.173. The molecule has 1 aliphatic rings. The van der Waals surface area contributed by atoms with Gasteiger partial charge in [-0.15, -0.1) is 0 Å². The van der Waals surface area contributed by atoms with Crippen molar-refractivity contribution in [3.05, 3.63) is 0 Å². The maximum absolute atomic E-state index is 11.9. The van der Waals surface area contributed by atoms with Crippen LogP contribution in [0.15, 0.2) is 0 Å². The Balaban J connectivity index is 2.29. The zero-order valence-electron chi connectivity index (χ0n) is 10.4. The van der Waals surface area contributed by atoms with Gasteiger partial charge in [-0.05, 0) is 43.2 Å². The molecule has 3 N–H and O–H groups in total. The van der Waals surface area contributed by atoms with Crippen LogP contribution in [0, 0.1) is 17.8 Å². The molecule has 4 heteroatoms. The van der Waals surface area contributed by atoms with Gasteiger partial charge in [-0.2, -0.15) is 11.8 Å². The van der Waals surface area contributed by atoms with Crippen molar-refractivity contribution in [1.82, 2.24) is 5.32 Å². The van der Waals surface area contributed by atoms with Crippen LogP contribution in [-0.4, -0.2) is 31.0 Å². The van der Waals surface area contributed by atoms with Crippen LogP contribution >= 0.6 is 11.8 Å². The van der Waals surface area contributed by atoms with Gasteiger partial charge in [0.25, 0.3) is 0 Å². The molecule has 1 amide bonds. The van der Waals surface area contributed by atoms with E-state index in [1.54, 1.807) is 0 Å². The van der Waals surface area contributed by atoms with Gasteiger partial charge >= 0.3 is 0 Å². The molecule has 0 aromatic rings. The quantitative estimate of drug-likeness (QED) is 0.744. The fourth-order valence-corrected chi connectivity index (χ4v) is 3.10. The van der Waals surface area contributed by atoms with Crippen LogP contribution in [0.1, 0.15) is 26.2 Å². The molecule has 1 rings (SSSR count). The van der Waals surface area contributed by atoms with E-state index in [0.717, 1.165) is 31.6 Å². The summed E-state index contributed by atoms with van der Waals surface area (Å²) in [4.78, 5) is 11.9. The number of nitrogens with two attached hydrogens (primary N) is 1. The molecule has 0 radical (unpaired) electrons. The van der Waals surface area contributed by atoms with Gasteiger partial charge in [-0.1, -0.05) is 13.3 Å². The van der Waals surface area contributed by atoms with E-state index in [0.29, 0.717) is 18.4 Å². The van der Waals surface area contributed by atoms with E-state index in [2.05, 4.69) is 18.5 Å². The predicted molar refractivity (Wildman–Crippen MR) is 70.4 cm³/mol. The molecule has 1 fully saturated rings. The fourth-order valence-electron chi connectivity index (χ4n) is 2.41. The van der Waals surface area contributed by atoms with Crippen molar-refractivity contribution >= 4 is 17.7 Å². The number of nitrogens with one attached hydrogen (secondary N) is 1. The maximum Gasteiger partial charge on any atom is 0.223 e. The van der Waals surface area contributed by atoms with Crippen LogP contribution in [0.5, 0.6) is 0 Å². The van der Waals surface area contributed by atoms with Gasteiger partial charge in [0.05, 0.1) is 0 Å². The molecule has 3 unspecified atom stereocenters. The summed E-state index contributed by atoms with van der Waals surface area (Å²) in [6.07, 6.45) is 5.39. The first-order chi connectivity index (χ1) is 7.69. The lowest BCUT2D eigenvalue weighted by molar-refractivity contribution is -0.126. The molecule has 3 atom stereocenters. The van der Waals surface area contributed by atoms with Crippen LogP contribution < -0.4 is 11.1 Å². The van der Waals surface area contributed by atoms with Crippen LogP contribution in [-0.2, 0) is 4.79 Å². The van der Waals surface area contributed by atoms with Crippen LogP contribution in [0.2, 0.25) is 0 Å². The molecule has 0 bridgehead atoms. The number of hydrogen-bond donors (Lipinski definition) is 2. The third kappa shape index (κ3) is 3.98. The van der Waals surface area contributed by atoms with Crippen molar-refractivity contribution < 1.29 is 4.79 Å². The summed E-state index contributed by atoms with van der Waals surface area (Å²) in [5.41, 5.74) is 5.68. The normalized spacial score (nSPS) is 26.7. The standard InChI is InChI=1S/C12H24N2OS/c1-9(8-16-2)7-14-12(15)11-5-3-4-10(11)6-13/h9-11H,3-8,13H2,1-2H3,(H,14,15). The van der Waals surface area contributed by atoms with Crippen molar-refractivity contribution in [2.24, 2.45) is 23.5 Å². The number of carbonyl (C=O) groups is 1. The van der Waals surface area contributed by atoms with E-state index in [4.69, 9.17) is 5.73 Å². The molecule has 0 aromatic carbocycles. The number of rotatable bonds is 6. The Morgan fingerprint density at radius 3 is 2.94 bits per heavy atom. The van der Waals surface area contributed by atoms with Gasteiger partial charge < -0.3 is 11.1 Å². The molecule has 1 aliphatic carbocycles. The Hall–Kier alpha value is -0.220. The zero-order chi connectivity index (χ0) is 12.0. The SMILES string of the molecule is CSCC(C)CNC(=O)C1CCCC1CN. The second kappa shape index (κ2) is 7.17. The van der Waals surface area contributed by atoms with Crippen molar-refractivity contribution in [1.29, 1.82) is 0 Å². The minimum absolute atomic E-state index is 0.173. The highest BCUT2D eigenvalue weighted by Gasteiger charge is 2.31. The maximum atomic E-state index is 11.9. The van der Waals surface area contributed by atoms with Crippen LogP contribution in [0.4, 0.5) is 0 Å². The Morgan fingerprint density at radius 2 is 2.31 bits per heavy atom. The predicted octanol–water partition coefficient (Wildman–Crippen LogP) is 1.48. The van der Waals surface area contributed by atoms with Gasteiger partial charge in [-0.25, -0.2) is 0 Å². The highest BCUT2D eigenvalue weighted by molar-refractivity contribution is 7.98. The van der Waals surface area contributed by atoms with Crippen molar-refractivity contribution in [2.75, 3.05) is 25.1 Å². The molecule has 0 spiro atoms. The number of amides is 1. The van der Waals surface area contributed by atoms with Gasteiger partial charge in [-0.3, -0.25) is 4.79 Å². The highest BCUT2D eigenvalue weighted by atomic mass is 32.2. The lowest BCUT2D eigenvalue weighted by atomic mass is 9.95. The van der Waals surface area contributed by atoms with Crippen LogP contribution in [0.25, 0.3) is 0 Å². The highest BCUT2D eigenvalue weighted by Crippen LogP contribution is 2.30. The molecular formula is C12H24N2OS. The molecule has 94 valence electrons. The molecular weight excluding hydrogens is 220 g/mol. The van der Waals surface area contributed by atoms with Gasteiger partial charge in [0.15, 0.2) is 0 Å². The van der Waals surface area contributed by atoms with Crippen molar-refractivity contribution in [3.8, 4) is 0 Å². The van der Waals surface area contributed by atoms with Gasteiger partial charge in [0, 0.05) is 12.5 Å². The topological polar surface area (TPSA) is 55.1 Å². The third-order valence-corrected chi connectivity index (χ3v) is 4.28. The third-order valence-electron chi connectivity index (χ3n) is 3.37. The molecule has 1 saturated carbocycles. The molecule has 0 aromatic heterocycles. The summed E-state index contributed by atoms with van der Waals surface area (Å²) in [6, 6.07) is 0. The Kier molecular flexibility index (Phi) is 6.21. The zero-order valence-corrected chi connectivity index (χ0v) is 11.2. The van der Waals surface area contributed by atoms with E-state index in [1.165, 1.54) is 0 Å². The van der Waals surface area contributed by atoms with Crippen molar-refractivity contribution in [3.63, 3.8) is 0 Å². The van der Waals surface area contributed by atoms with Gasteiger partial charge in [0.1, 0.15) is 0 Å². The fraction of sp³-hybridized carbons (Fsp3) is 0.917. The molecule has 3 nitrogen and oxygen atoms in total. The molecule has 0 aliphatic heterocycles. The Morgan fingerprint density at radius 1 is 1.56 bits per heavy atom. The summed E-state index contributed by atoms with van der Waals surface area (Å²) in [6.45, 7) is 3.62. The largest absolute Gasteiger partial charge is 0.356 e. The van der Waals surface area contributed by atoms with E-state index < -0.39 is 0 Å². The molecule has 0 saturated heterocycles. The van der Waals surface area contributed by atoms with Gasteiger partial charge in [0.2, 0.25) is 5.91 Å². The van der Waals surface area contributed by atoms with Crippen molar-refractivity contribution in [2.45, 2.75) is 26.2 Å². The lowest BCUT2D eigenvalue weighted by Gasteiger charge is -2.19. The van der Waals surface area contributed by atoms with E-state index in [-0.39, 0.29) is 11.8 Å². The number of thioether (sulfide) groups is 1. The number of hydrogen-bond acceptors (Lipinski definition) is 3. The van der Waals surface area contributed by atoms with E-state index in [1.807, 2.05) is 11.8 Å². The summed E-state index contributed by atoms with van der Waals surface area (Å²) < 4.78 is 0. The average Bonchev–Trinajstić information content (AvgIpc) is 2.74. The average molecular weight is 244 g/mol. The molecule has 16 heavy (non-hydrogen) atoms. The minimum Gasteiger partial charge on any atom is -0.356 e. The summed E-state index contributed by atoms with van der Waals surface area (Å²) in [5, 5.41) is 3.07. The van der Waals surface area contributed by atoms with E-state index >= 15 is 0 Å². The Labute approximate surface area is 103 Å². The summed E-state index contributed by atoms with van der Waals surface area (Å²) in [7, 11) is 0. The van der Waals surface area contributed by atoms with E-state index in [9.17, 15) is 4.79 Å². The second-order valence-corrected chi connectivity index (χ2v) is 5.75. The smallest absolute Gasteiger partial charge is 0.223 e. The summed E-state index contributed by atoms with van der Waals surface area (Å²) in [5.74, 6) is 2.46. The second-order valence-electron chi connectivity index (χ2n) is 4.84. The monoisotopic (exact) mass is 244 g/mol. The first kappa shape index (κ1) is 13.8. The number of carbonyl (C=O) groups excluding carboxylic acids is 1. The first-order valence-corrected chi connectivity index (χ1v) is 7.55. The molecule has 0 heterocycles. The Bertz CT molecular complexity index is 223. The first-order valence-electron chi connectivity index (χ1n) is 6.15. The lowest BCUT2D eigenvalue weighted by Crippen LogP contribution is -2.37. The summed E-state index contributed by atoms with van der Waals surface area (Å²) >= 11 is 1.83.